The molecule has 0 amide bonds. The molecule has 10 nitrogen and oxygen atoms in total. The average Bonchev–Trinajstić information content (AvgIpc) is 2.22. The van der Waals surface area contributed by atoms with Gasteiger partial charge in [-0.25, -0.2) is 0 Å². The number of nitrogens with zero attached hydrogens (tertiary/aromatic N) is 2. The topological polar surface area (TPSA) is 156 Å². The van der Waals surface area contributed by atoms with Crippen LogP contribution < -0.4 is 31.3 Å². The monoisotopic (exact) mass is 334 g/mol. The van der Waals surface area contributed by atoms with Crippen molar-refractivity contribution in [3.05, 3.63) is 0 Å². The van der Waals surface area contributed by atoms with E-state index in [1.807, 2.05) is 0 Å². The number of carboxylic acid groups (broad SMARTS) is 4. The fourth-order valence-corrected chi connectivity index (χ4v) is 1.48. The number of halogens is 1. The van der Waals surface area contributed by atoms with Crippen molar-refractivity contribution in [3.63, 3.8) is 0 Å². The van der Waals surface area contributed by atoms with Gasteiger partial charge in [0, 0.05) is 13.1 Å². The van der Waals surface area contributed by atoms with Crippen molar-refractivity contribution in [2.45, 2.75) is 0 Å². The van der Waals surface area contributed by atoms with Gasteiger partial charge in [0.2, 0.25) is 0 Å². The first-order chi connectivity index (χ1) is 9.20. The Morgan fingerprint density at radius 1 is 0.591 bits per heavy atom. The molecule has 0 aromatic rings. The molecule has 0 aromatic carbocycles. The van der Waals surface area contributed by atoms with Gasteiger partial charge in [-0.1, -0.05) is 0 Å². The number of carboxylic acids is 4. The third-order valence-corrected chi connectivity index (χ3v) is 2.17. The second-order valence-electron chi connectivity index (χ2n) is 4.00. The molecule has 0 atom stereocenters. The number of carbonyl (C=O) groups is 4. The summed E-state index contributed by atoms with van der Waals surface area (Å²) in [5.41, 5.74) is 0. The van der Waals surface area contributed by atoms with E-state index in [0.717, 1.165) is 9.80 Å². The van der Waals surface area contributed by atoms with Crippen LogP contribution in [0.3, 0.4) is 0 Å². The molecule has 122 valence electrons. The van der Waals surface area contributed by atoms with Gasteiger partial charge in [0.25, 0.3) is 0 Å². The predicted octanol–water partition coefficient (Wildman–Crippen LogP) is -8.06. The molecule has 0 saturated carbocycles. The Labute approximate surface area is 144 Å². The molecular formula is C10H16ClLiN2O8. The molecule has 0 bridgehead atoms. The summed E-state index contributed by atoms with van der Waals surface area (Å²) in [6, 6.07) is 0. The van der Waals surface area contributed by atoms with Crippen molar-refractivity contribution >= 4 is 23.9 Å². The summed E-state index contributed by atoms with van der Waals surface area (Å²) >= 11 is 0. The minimum absolute atomic E-state index is 0. The van der Waals surface area contributed by atoms with Gasteiger partial charge in [-0.2, -0.15) is 0 Å². The largest absolute Gasteiger partial charge is 1.00 e. The zero-order valence-corrected chi connectivity index (χ0v) is 12.7. The third-order valence-electron chi connectivity index (χ3n) is 2.17. The number of hydrogen-bond donors (Lipinski definition) is 4. The molecule has 0 aliphatic rings. The Morgan fingerprint density at radius 3 is 0.909 bits per heavy atom. The molecule has 0 spiro atoms. The molecular weight excluding hydrogens is 319 g/mol. The summed E-state index contributed by atoms with van der Waals surface area (Å²) in [7, 11) is 0. The van der Waals surface area contributed by atoms with E-state index >= 15 is 0 Å². The van der Waals surface area contributed by atoms with Crippen molar-refractivity contribution in [1.82, 2.24) is 9.80 Å². The van der Waals surface area contributed by atoms with E-state index < -0.39 is 50.1 Å². The Balaban J connectivity index is -0.00000180. The van der Waals surface area contributed by atoms with E-state index in [1.165, 1.54) is 0 Å². The second kappa shape index (κ2) is 13.4. The predicted molar refractivity (Wildman–Crippen MR) is 63.4 cm³/mol. The van der Waals surface area contributed by atoms with Gasteiger partial charge >= 0.3 is 42.7 Å². The van der Waals surface area contributed by atoms with Crippen LogP contribution in [0.4, 0.5) is 0 Å². The van der Waals surface area contributed by atoms with Gasteiger partial charge in [0.05, 0.1) is 26.2 Å². The van der Waals surface area contributed by atoms with Crippen molar-refractivity contribution in [2.24, 2.45) is 0 Å². The Morgan fingerprint density at radius 2 is 0.773 bits per heavy atom. The Kier molecular flexibility index (Phi) is 15.6. The number of hydrogen-bond acceptors (Lipinski definition) is 6. The van der Waals surface area contributed by atoms with Crippen molar-refractivity contribution in [1.29, 1.82) is 0 Å². The summed E-state index contributed by atoms with van der Waals surface area (Å²) < 4.78 is 0. The van der Waals surface area contributed by atoms with E-state index in [4.69, 9.17) is 20.4 Å². The smallest absolute Gasteiger partial charge is 1.00 e. The maximum Gasteiger partial charge on any atom is 1.00 e. The number of rotatable bonds is 11. The minimum Gasteiger partial charge on any atom is -1.00 e. The number of aliphatic carboxylic acids is 4. The molecule has 12 heteroatoms. The molecule has 0 rings (SSSR count). The van der Waals surface area contributed by atoms with Gasteiger partial charge in [-0.15, -0.1) is 0 Å². The summed E-state index contributed by atoms with van der Waals surface area (Å²) in [5, 5.41) is 34.5. The molecule has 0 aliphatic carbocycles. The maximum atomic E-state index is 10.6. The second-order valence-corrected chi connectivity index (χ2v) is 4.00. The van der Waals surface area contributed by atoms with Crippen LogP contribution in [-0.4, -0.2) is 93.4 Å². The zero-order valence-electron chi connectivity index (χ0n) is 11.9. The quantitative estimate of drug-likeness (QED) is 0.268. The summed E-state index contributed by atoms with van der Waals surface area (Å²) in [4.78, 5) is 44.4. The summed E-state index contributed by atoms with van der Waals surface area (Å²) in [6.07, 6.45) is 0. The van der Waals surface area contributed by atoms with Gasteiger partial charge in [-0.05, 0) is 0 Å². The maximum absolute atomic E-state index is 10.6. The van der Waals surface area contributed by atoms with E-state index in [2.05, 4.69) is 0 Å². The van der Waals surface area contributed by atoms with Gasteiger partial charge in [0.1, 0.15) is 0 Å². The fraction of sp³-hybridized carbons (Fsp3) is 0.600. The van der Waals surface area contributed by atoms with Gasteiger partial charge in [-0.3, -0.25) is 29.0 Å². The normalized spacial score (nSPS) is 9.73. The van der Waals surface area contributed by atoms with Crippen molar-refractivity contribution < 1.29 is 70.9 Å². The van der Waals surface area contributed by atoms with Crippen LogP contribution in [0.25, 0.3) is 0 Å². The van der Waals surface area contributed by atoms with Gasteiger partial charge in [0.15, 0.2) is 0 Å². The van der Waals surface area contributed by atoms with Crippen LogP contribution in [0.1, 0.15) is 0 Å². The SMILES string of the molecule is O=C(O)CN(CCN(CC(=O)O)CC(=O)O)CC(=O)O.[Cl-].[Li+]. The zero-order chi connectivity index (χ0) is 15.7. The summed E-state index contributed by atoms with van der Waals surface area (Å²) in [6.45, 7) is -2.25. The van der Waals surface area contributed by atoms with E-state index in [9.17, 15) is 19.2 Å². The Bertz CT molecular complexity index is 327. The van der Waals surface area contributed by atoms with E-state index in [-0.39, 0.29) is 44.4 Å². The third kappa shape index (κ3) is 15.1. The van der Waals surface area contributed by atoms with Crippen molar-refractivity contribution in [3.8, 4) is 0 Å². The van der Waals surface area contributed by atoms with Crippen LogP contribution in [0.15, 0.2) is 0 Å². The first kappa shape index (κ1) is 25.6. The molecule has 0 aromatic heterocycles. The van der Waals surface area contributed by atoms with E-state index in [0.29, 0.717) is 0 Å². The first-order valence-corrected chi connectivity index (χ1v) is 5.52. The first-order valence-electron chi connectivity index (χ1n) is 5.52. The van der Waals surface area contributed by atoms with Crippen molar-refractivity contribution in [2.75, 3.05) is 39.3 Å². The standard InChI is InChI=1S/C10H16N2O8.ClH.Li/c13-7(14)3-11(4-8(15)16)1-2-12(5-9(17)18)6-10(19)20;;/h1-6H2,(H,13,14)(H,15,16)(H,17,18)(H,19,20);1H;/q;;+1/p-1. The molecule has 0 heterocycles. The molecule has 0 aliphatic heterocycles. The molecule has 0 unspecified atom stereocenters. The van der Waals surface area contributed by atoms with Crippen LogP contribution in [-0.2, 0) is 19.2 Å². The Hall–Kier alpha value is -1.31. The molecule has 4 N–H and O–H groups in total. The van der Waals surface area contributed by atoms with Crippen LogP contribution in [0.5, 0.6) is 0 Å². The van der Waals surface area contributed by atoms with E-state index in [1.54, 1.807) is 0 Å². The summed E-state index contributed by atoms with van der Waals surface area (Å²) in [5.74, 6) is -4.91. The minimum atomic E-state index is -1.23. The molecule has 0 fully saturated rings. The average molecular weight is 335 g/mol. The van der Waals surface area contributed by atoms with Crippen LogP contribution in [0, 0.1) is 0 Å². The molecule has 22 heavy (non-hydrogen) atoms. The molecule has 0 radical (unpaired) electrons. The van der Waals surface area contributed by atoms with Gasteiger partial charge < -0.3 is 32.8 Å². The molecule has 0 saturated heterocycles. The van der Waals surface area contributed by atoms with Crippen LogP contribution in [0.2, 0.25) is 0 Å². The fourth-order valence-electron chi connectivity index (χ4n) is 1.48. The van der Waals surface area contributed by atoms with Crippen LogP contribution >= 0.6 is 0 Å².